The highest BCUT2D eigenvalue weighted by atomic mass is 16.6. The van der Waals surface area contributed by atoms with Crippen molar-refractivity contribution < 1.29 is 14.6 Å². The Morgan fingerprint density at radius 3 is 2.94 bits per heavy atom. The van der Waals surface area contributed by atoms with Gasteiger partial charge in [-0.2, -0.15) is 0 Å². The molecule has 3 nitrogen and oxygen atoms in total. The molecule has 4 atom stereocenters. The Balaban J connectivity index is 2.09. The summed E-state index contributed by atoms with van der Waals surface area (Å²) in [6, 6.07) is 0. The van der Waals surface area contributed by atoms with Crippen molar-refractivity contribution >= 4 is 5.97 Å². The van der Waals surface area contributed by atoms with Crippen LogP contribution in [0.1, 0.15) is 40.0 Å². The van der Waals surface area contributed by atoms with E-state index in [-0.39, 0.29) is 23.4 Å². The van der Waals surface area contributed by atoms with Gasteiger partial charge in [0.15, 0.2) is 0 Å². The first-order chi connectivity index (χ1) is 8.44. The number of allylic oxidation sites excluding steroid dienone is 2. The number of ether oxygens (including phenoxy) is 1. The number of rotatable bonds is 0. The molecule has 1 heterocycles. The van der Waals surface area contributed by atoms with E-state index in [4.69, 9.17) is 4.74 Å². The molecular formula is C15H20O3. The maximum atomic E-state index is 11.8. The number of fused-ring (bicyclic) bond motifs is 3. The van der Waals surface area contributed by atoms with E-state index >= 15 is 0 Å². The van der Waals surface area contributed by atoms with Crippen molar-refractivity contribution in [3.8, 4) is 0 Å². The lowest BCUT2D eigenvalue weighted by atomic mass is 9.61. The molecule has 1 aliphatic heterocycles. The molecule has 0 radical (unpaired) electrons. The molecule has 3 rings (SSSR count). The summed E-state index contributed by atoms with van der Waals surface area (Å²) in [5.41, 5.74) is 2.14. The lowest BCUT2D eigenvalue weighted by Gasteiger charge is -2.44. The summed E-state index contributed by atoms with van der Waals surface area (Å²) < 4.78 is 5.60. The van der Waals surface area contributed by atoms with Gasteiger partial charge in [-0.15, -0.1) is 0 Å². The van der Waals surface area contributed by atoms with E-state index in [1.807, 2.05) is 19.9 Å². The van der Waals surface area contributed by atoms with Gasteiger partial charge in [0.1, 0.15) is 11.9 Å². The van der Waals surface area contributed by atoms with Crippen LogP contribution in [0, 0.1) is 17.3 Å². The van der Waals surface area contributed by atoms with Gasteiger partial charge in [-0.25, -0.2) is 0 Å². The van der Waals surface area contributed by atoms with Gasteiger partial charge in [0.05, 0.1) is 5.92 Å². The molecule has 0 bridgehead atoms. The molecule has 1 saturated carbocycles. The lowest BCUT2D eigenvalue weighted by Crippen LogP contribution is -2.39. The van der Waals surface area contributed by atoms with Gasteiger partial charge in [-0.1, -0.05) is 13.8 Å². The molecule has 2 aliphatic carbocycles. The van der Waals surface area contributed by atoms with Gasteiger partial charge in [0.2, 0.25) is 0 Å². The summed E-state index contributed by atoms with van der Waals surface area (Å²) in [4.78, 5) is 11.8. The van der Waals surface area contributed by atoms with E-state index in [0.29, 0.717) is 11.7 Å². The zero-order valence-electron chi connectivity index (χ0n) is 11.2. The van der Waals surface area contributed by atoms with Gasteiger partial charge in [0, 0.05) is 5.92 Å². The average Bonchev–Trinajstić information content (AvgIpc) is 2.60. The number of aliphatic hydroxyl groups is 1. The SMILES string of the molecule is CC1=C2[C@H]3OC(=O)[C@@H](C)[C@@H]3CC[C@@]2(C)CC=C1O. The number of aliphatic hydroxyl groups excluding tert-OH is 1. The highest BCUT2D eigenvalue weighted by Crippen LogP contribution is 2.54. The Hall–Kier alpha value is -1.25. The maximum Gasteiger partial charge on any atom is 0.309 e. The first-order valence-electron chi connectivity index (χ1n) is 6.75. The second-order valence-electron chi connectivity index (χ2n) is 6.24. The summed E-state index contributed by atoms with van der Waals surface area (Å²) in [5, 5.41) is 9.95. The van der Waals surface area contributed by atoms with Gasteiger partial charge in [-0.3, -0.25) is 4.79 Å². The fourth-order valence-corrected chi connectivity index (χ4v) is 3.89. The molecule has 0 aromatic rings. The smallest absolute Gasteiger partial charge is 0.309 e. The minimum Gasteiger partial charge on any atom is -0.508 e. The number of esters is 1. The minimum atomic E-state index is -0.109. The van der Waals surface area contributed by atoms with Crippen LogP contribution in [0.15, 0.2) is 23.0 Å². The monoisotopic (exact) mass is 248 g/mol. The van der Waals surface area contributed by atoms with Crippen molar-refractivity contribution in [2.75, 3.05) is 0 Å². The molecule has 3 aliphatic rings. The van der Waals surface area contributed by atoms with Crippen LogP contribution < -0.4 is 0 Å². The Morgan fingerprint density at radius 1 is 1.50 bits per heavy atom. The first kappa shape index (κ1) is 11.8. The van der Waals surface area contributed by atoms with Crippen LogP contribution >= 0.6 is 0 Å². The van der Waals surface area contributed by atoms with Crippen LogP contribution in [-0.4, -0.2) is 17.2 Å². The number of hydrogen-bond acceptors (Lipinski definition) is 3. The molecule has 0 unspecified atom stereocenters. The third kappa shape index (κ3) is 1.39. The average molecular weight is 248 g/mol. The molecule has 0 aromatic heterocycles. The predicted molar refractivity (Wildman–Crippen MR) is 67.9 cm³/mol. The van der Waals surface area contributed by atoms with Crippen LogP contribution in [0.25, 0.3) is 0 Å². The van der Waals surface area contributed by atoms with Crippen molar-refractivity contribution in [1.82, 2.24) is 0 Å². The molecule has 0 amide bonds. The largest absolute Gasteiger partial charge is 0.508 e. The van der Waals surface area contributed by atoms with Crippen molar-refractivity contribution in [1.29, 1.82) is 0 Å². The summed E-state index contributed by atoms with van der Waals surface area (Å²) in [6.45, 7) is 6.13. The highest BCUT2D eigenvalue weighted by molar-refractivity contribution is 5.76. The standard InChI is InChI=1S/C15H20O3/c1-8-10-4-6-15(3)7-5-11(16)9(2)12(15)13(10)18-14(8)17/h5,8,10,13,16H,4,6-7H2,1-3H3/t8-,10-,13-,15-/m0/s1. The van der Waals surface area contributed by atoms with Crippen molar-refractivity contribution in [2.45, 2.75) is 46.1 Å². The Morgan fingerprint density at radius 2 is 2.22 bits per heavy atom. The number of hydrogen-bond donors (Lipinski definition) is 1. The zero-order valence-corrected chi connectivity index (χ0v) is 11.2. The number of carbonyl (C=O) groups is 1. The second kappa shape index (κ2) is 3.62. The van der Waals surface area contributed by atoms with Crippen LogP contribution in [0.2, 0.25) is 0 Å². The first-order valence-corrected chi connectivity index (χ1v) is 6.75. The van der Waals surface area contributed by atoms with Crippen molar-refractivity contribution in [3.05, 3.63) is 23.0 Å². The number of carbonyl (C=O) groups excluding carboxylic acids is 1. The molecule has 98 valence electrons. The van der Waals surface area contributed by atoms with E-state index in [2.05, 4.69) is 6.92 Å². The van der Waals surface area contributed by atoms with Gasteiger partial charge >= 0.3 is 5.97 Å². The third-order valence-electron chi connectivity index (χ3n) is 5.14. The minimum absolute atomic E-state index is 0.00658. The fourth-order valence-electron chi connectivity index (χ4n) is 3.89. The summed E-state index contributed by atoms with van der Waals surface area (Å²) in [7, 11) is 0. The Labute approximate surface area is 108 Å². The summed E-state index contributed by atoms with van der Waals surface area (Å²) in [5.74, 6) is 0.566. The fraction of sp³-hybridized carbons (Fsp3) is 0.667. The van der Waals surface area contributed by atoms with E-state index < -0.39 is 0 Å². The maximum absolute atomic E-state index is 11.8. The lowest BCUT2D eigenvalue weighted by molar-refractivity contribution is -0.143. The quantitative estimate of drug-likeness (QED) is 0.670. The van der Waals surface area contributed by atoms with Gasteiger partial charge in [0.25, 0.3) is 0 Å². The van der Waals surface area contributed by atoms with Crippen LogP contribution in [0.5, 0.6) is 0 Å². The summed E-state index contributed by atoms with van der Waals surface area (Å²) in [6.07, 6.45) is 4.76. The normalized spacial score (nSPS) is 43.2. The topological polar surface area (TPSA) is 46.5 Å². The van der Waals surface area contributed by atoms with Crippen LogP contribution in [-0.2, 0) is 9.53 Å². The van der Waals surface area contributed by atoms with E-state index in [1.54, 1.807) is 0 Å². The van der Waals surface area contributed by atoms with E-state index in [0.717, 1.165) is 30.4 Å². The van der Waals surface area contributed by atoms with Crippen molar-refractivity contribution in [3.63, 3.8) is 0 Å². The van der Waals surface area contributed by atoms with Crippen molar-refractivity contribution in [2.24, 2.45) is 17.3 Å². The summed E-state index contributed by atoms with van der Waals surface area (Å²) >= 11 is 0. The Bertz CT molecular complexity index is 474. The third-order valence-corrected chi connectivity index (χ3v) is 5.14. The molecule has 0 aromatic carbocycles. The predicted octanol–water partition coefficient (Wildman–Crippen LogP) is 3.13. The van der Waals surface area contributed by atoms with E-state index in [9.17, 15) is 9.90 Å². The molecule has 3 heteroatoms. The van der Waals surface area contributed by atoms with Gasteiger partial charge < -0.3 is 9.84 Å². The molecule has 2 fully saturated rings. The molecule has 1 saturated heterocycles. The second-order valence-corrected chi connectivity index (χ2v) is 6.24. The molecule has 1 N–H and O–H groups in total. The zero-order chi connectivity index (χ0) is 13.1. The van der Waals surface area contributed by atoms with Crippen LogP contribution in [0.4, 0.5) is 0 Å². The molecule has 0 spiro atoms. The van der Waals surface area contributed by atoms with Crippen LogP contribution in [0.3, 0.4) is 0 Å². The van der Waals surface area contributed by atoms with E-state index in [1.165, 1.54) is 0 Å². The molecule has 18 heavy (non-hydrogen) atoms. The highest BCUT2D eigenvalue weighted by Gasteiger charge is 2.52. The Kier molecular flexibility index (Phi) is 2.38. The molecular weight excluding hydrogens is 228 g/mol. The van der Waals surface area contributed by atoms with Gasteiger partial charge in [-0.05, 0) is 48.8 Å².